The first-order valence-corrected chi connectivity index (χ1v) is 6.35. The average Bonchev–Trinajstić information content (AvgIpc) is 2.33. The van der Waals surface area contributed by atoms with Crippen molar-refractivity contribution in [3.8, 4) is 0 Å². The minimum atomic E-state index is -0.0569. The summed E-state index contributed by atoms with van der Waals surface area (Å²) in [6.07, 6.45) is 0. The van der Waals surface area contributed by atoms with E-state index >= 15 is 0 Å². The molecule has 5 heteroatoms. The van der Waals surface area contributed by atoms with Crippen LogP contribution in [0, 0.1) is 0 Å². The lowest BCUT2D eigenvalue weighted by molar-refractivity contribution is 0.101. The van der Waals surface area contributed by atoms with E-state index in [0.717, 1.165) is 11.4 Å². The van der Waals surface area contributed by atoms with Crippen molar-refractivity contribution in [1.29, 1.82) is 0 Å². The molecule has 0 aliphatic carbocycles. The Kier molecular flexibility index (Phi) is 3.98. The predicted molar refractivity (Wildman–Crippen MR) is 80.6 cm³/mol. The van der Waals surface area contributed by atoms with Crippen molar-refractivity contribution in [3.05, 3.63) is 52.0 Å². The third kappa shape index (κ3) is 3.19. The molecular formula is C14H12Cl2N2O. The molecular weight excluding hydrogens is 283 g/mol. The first kappa shape index (κ1) is 13.7. The van der Waals surface area contributed by atoms with Gasteiger partial charge in [0.2, 0.25) is 0 Å². The zero-order valence-corrected chi connectivity index (χ0v) is 11.7. The first-order valence-electron chi connectivity index (χ1n) is 5.60. The largest absolute Gasteiger partial charge is 0.398 e. The Labute approximate surface area is 121 Å². The van der Waals surface area contributed by atoms with Crippen molar-refractivity contribution in [2.75, 3.05) is 11.1 Å². The molecule has 98 valence electrons. The van der Waals surface area contributed by atoms with Crippen LogP contribution in [-0.2, 0) is 0 Å². The second kappa shape index (κ2) is 5.51. The Morgan fingerprint density at radius 2 is 1.68 bits per heavy atom. The van der Waals surface area contributed by atoms with Crippen LogP contribution in [0.4, 0.5) is 17.1 Å². The van der Waals surface area contributed by atoms with Gasteiger partial charge in [-0.3, -0.25) is 4.79 Å². The maximum Gasteiger partial charge on any atom is 0.161 e. The van der Waals surface area contributed by atoms with Gasteiger partial charge in [0.15, 0.2) is 5.78 Å². The van der Waals surface area contributed by atoms with Gasteiger partial charge in [0.1, 0.15) is 0 Å². The van der Waals surface area contributed by atoms with Crippen molar-refractivity contribution in [2.45, 2.75) is 6.92 Å². The monoisotopic (exact) mass is 294 g/mol. The number of carbonyl (C=O) groups excluding carboxylic acids is 1. The summed E-state index contributed by atoms with van der Waals surface area (Å²) in [5.74, 6) is -0.0569. The van der Waals surface area contributed by atoms with E-state index in [1.54, 1.807) is 30.3 Å². The van der Waals surface area contributed by atoms with Crippen LogP contribution in [0.25, 0.3) is 0 Å². The summed E-state index contributed by atoms with van der Waals surface area (Å²) in [6, 6.07) is 10.4. The van der Waals surface area contributed by atoms with Crippen LogP contribution in [0.1, 0.15) is 17.3 Å². The predicted octanol–water partition coefficient (Wildman–Crippen LogP) is 4.52. The van der Waals surface area contributed by atoms with Crippen LogP contribution < -0.4 is 11.1 Å². The molecule has 3 nitrogen and oxygen atoms in total. The van der Waals surface area contributed by atoms with Crippen LogP contribution in [0.3, 0.4) is 0 Å². The third-order valence-electron chi connectivity index (χ3n) is 2.64. The second-order valence-electron chi connectivity index (χ2n) is 4.11. The van der Waals surface area contributed by atoms with Gasteiger partial charge in [-0.25, -0.2) is 0 Å². The molecule has 0 saturated carbocycles. The molecule has 2 aromatic carbocycles. The minimum Gasteiger partial charge on any atom is -0.398 e. The van der Waals surface area contributed by atoms with Crippen LogP contribution >= 0.6 is 23.2 Å². The molecule has 0 atom stereocenters. The Hall–Kier alpha value is -1.71. The van der Waals surface area contributed by atoms with E-state index in [4.69, 9.17) is 28.9 Å². The molecule has 2 rings (SSSR count). The van der Waals surface area contributed by atoms with Crippen LogP contribution in [0.15, 0.2) is 36.4 Å². The summed E-state index contributed by atoms with van der Waals surface area (Å²) < 4.78 is 0. The Balaban J connectivity index is 2.26. The van der Waals surface area contributed by atoms with E-state index in [2.05, 4.69) is 5.32 Å². The molecule has 0 saturated heterocycles. The molecule has 0 aliphatic heterocycles. The lowest BCUT2D eigenvalue weighted by atomic mass is 10.1. The molecule has 0 unspecified atom stereocenters. The molecule has 0 aromatic heterocycles. The fraction of sp³-hybridized carbons (Fsp3) is 0.0714. The Morgan fingerprint density at radius 3 is 2.26 bits per heavy atom. The zero-order chi connectivity index (χ0) is 14.0. The van der Waals surface area contributed by atoms with Gasteiger partial charge >= 0.3 is 0 Å². The quantitative estimate of drug-likeness (QED) is 0.646. The fourth-order valence-corrected chi connectivity index (χ4v) is 2.00. The molecule has 19 heavy (non-hydrogen) atoms. The lowest BCUT2D eigenvalue weighted by Gasteiger charge is -2.09. The number of anilines is 3. The SMILES string of the molecule is CC(=O)c1ccc(Nc2ccc(Cl)c(Cl)c2)cc1N. The summed E-state index contributed by atoms with van der Waals surface area (Å²) in [5, 5.41) is 4.12. The molecule has 0 aliphatic rings. The maximum atomic E-state index is 11.3. The molecule has 2 aromatic rings. The molecule has 0 spiro atoms. The van der Waals surface area contributed by atoms with Gasteiger partial charge in [-0.2, -0.15) is 0 Å². The van der Waals surface area contributed by atoms with Crippen molar-refractivity contribution in [3.63, 3.8) is 0 Å². The van der Waals surface area contributed by atoms with E-state index in [1.807, 2.05) is 6.07 Å². The summed E-state index contributed by atoms with van der Waals surface area (Å²) in [7, 11) is 0. The van der Waals surface area contributed by atoms with Gasteiger partial charge in [-0.05, 0) is 43.3 Å². The fourth-order valence-electron chi connectivity index (χ4n) is 1.70. The van der Waals surface area contributed by atoms with Gasteiger partial charge in [0.25, 0.3) is 0 Å². The van der Waals surface area contributed by atoms with E-state index in [9.17, 15) is 4.79 Å². The second-order valence-corrected chi connectivity index (χ2v) is 4.93. The maximum absolute atomic E-state index is 11.3. The van der Waals surface area contributed by atoms with Gasteiger partial charge in [0.05, 0.1) is 10.0 Å². The van der Waals surface area contributed by atoms with Crippen LogP contribution in [0.5, 0.6) is 0 Å². The van der Waals surface area contributed by atoms with E-state index in [-0.39, 0.29) is 5.78 Å². The molecule has 0 radical (unpaired) electrons. The average molecular weight is 295 g/mol. The summed E-state index contributed by atoms with van der Waals surface area (Å²) >= 11 is 11.8. The van der Waals surface area contributed by atoms with Gasteiger partial charge in [0, 0.05) is 22.6 Å². The summed E-state index contributed by atoms with van der Waals surface area (Å²) in [4.78, 5) is 11.3. The highest BCUT2D eigenvalue weighted by atomic mass is 35.5. The number of nitrogens with two attached hydrogens (primary N) is 1. The minimum absolute atomic E-state index is 0.0569. The van der Waals surface area contributed by atoms with Gasteiger partial charge < -0.3 is 11.1 Å². The van der Waals surface area contributed by atoms with Gasteiger partial charge in [-0.15, -0.1) is 0 Å². The summed E-state index contributed by atoms with van der Waals surface area (Å²) in [5.41, 5.74) is 8.35. The normalized spacial score (nSPS) is 10.3. The highest BCUT2D eigenvalue weighted by molar-refractivity contribution is 6.42. The standard InChI is InChI=1S/C14H12Cl2N2O/c1-8(19)11-4-2-10(7-14(11)17)18-9-3-5-12(15)13(16)6-9/h2-7,18H,17H2,1H3. The zero-order valence-electron chi connectivity index (χ0n) is 10.2. The van der Waals surface area contributed by atoms with Gasteiger partial charge in [-0.1, -0.05) is 23.2 Å². The van der Waals surface area contributed by atoms with Crippen LogP contribution in [0.2, 0.25) is 10.0 Å². The molecule has 0 amide bonds. The van der Waals surface area contributed by atoms with E-state index in [1.165, 1.54) is 6.92 Å². The number of carbonyl (C=O) groups is 1. The number of benzene rings is 2. The van der Waals surface area contributed by atoms with Crippen molar-refractivity contribution < 1.29 is 4.79 Å². The van der Waals surface area contributed by atoms with Crippen molar-refractivity contribution in [2.24, 2.45) is 0 Å². The number of hydrogen-bond acceptors (Lipinski definition) is 3. The number of Topliss-reactive ketones (excluding diaryl/α,β-unsaturated/α-hetero) is 1. The smallest absolute Gasteiger partial charge is 0.161 e. The first-order chi connectivity index (χ1) is 8.97. The highest BCUT2D eigenvalue weighted by Gasteiger charge is 2.06. The van der Waals surface area contributed by atoms with Crippen LogP contribution in [-0.4, -0.2) is 5.78 Å². The highest BCUT2D eigenvalue weighted by Crippen LogP contribution is 2.28. The molecule has 0 heterocycles. The number of nitrogens with one attached hydrogen (secondary N) is 1. The topological polar surface area (TPSA) is 55.1 Å². The number of rotatable bonds is 3. The number of halogens is 2. The molecule has 0 bridgehead atoms. The van der Waals surface area contributed by atoms with Crippen molar-refractivity contribution >= 4 is 46.0 Å². The lowest BCUT2D eigenvalue weighted by Crippen LogP contribution is -2.00. The van der Waals surface area contributed by atoms with E-state index < -0.39 is 0 Å². The Bertz CT molecular complexity index is 641. The third-order valence-corrected chi connectivity index (χ3v) is 3.38. The summed E-state index contributed by atoms with van der Waals surface area (Å²) in [6.45, 7) is 1.48. The van der Waals surface area contributed by atoms with Crippen molar-refractivity contribution in [1.82, 2.24) is 0 Å². The molecule has 3 N–H and O–H groups in total. The molecule has 0 fully saturated rings. The number of hydrogen-bond donors (Lipinski definition) is 2. The Morgan fingerprint density at radius 1 is 1.05 bits per heavy atom. The number of nitrogen functional groups attached to an aromatic ring is 1. The van der Waals surface area contributed by atoms with E-state index in [0.29, 0.717) is 21.3 Å². The number of ketones is 1.